The number of nitrogens with zero attached hydrogens (tertiary/aromatic N) is 2. The first-order valence-electron chi connectivity index (χ1n) is 10.2. The topological polar surface area (TPSA) is 113 Å². The molecule has 1 aromatic rings. The Morgan fingerprint density at radius 1 is 1.07 bits per heavy atom. The van der Waals surface area contributed by atoms with Crippen LogP contribution in [0.15, 0.2) is 12.5 Å². The minimum absolute atomic E-state index is 0.0535. The number of amides is 2. The summed E-state index contributed by atoms with van der Waals surface area (Å²) in [7, 11) is 1.77. The number of rotatable bonds is 15. The highest BCUT2D eigenvalue weighted by molar-refractivity contribution is 5.84. The number of carbonyl (C=O) groups excluding carboxylic acids is 2. The first kappa shape index (κ1) is 23.7. The molecule has 0 saturated carbocycles. The molecule has 0 aliphatic carbocycles. The number of nitrogens with one attached hydrogen (secondary N) is 2. The Balaban J connectivity index is 2.18. The minimum Gasteiger partial charge on any atom is -0.480 e. The number of unbranched alkanes of at least 4 members (excludes halogenated alkanes) is 6. The van der Waals surface area contributed by atoms with Gasteiger partial charge in [0.2, 0.25) is 11.8 Å². The van der Waals surface area contributed by atoms with Crippen LogP contribution >= 0.6 is 0 Å². The Hall–Kier alpha value is -2.38. The zero-order valence-electron chi connectivity index (χ0n) is 17.1. The maximum absolute atomic E-state index is 12.0. The molecule has 0 radical (unpaired) electrons. The van der Waals surface area contributed by atoms with Crippen LogP contribution in [0.4, 0.5) is 0 Å². The Morgan fingerprint density at radius 2 is 1.75 bits per heavy atom. The molecule has 158 valence electrons. The largest absolute Gasteiger partial charge is 0.480 e. The van der Waals surface area contributed by atoms with Crippen LogP contribution in [0.1, 0.15) is 70.4 Å². The lowest BCUT2D eigenvalue weighted by atomic mass is 10.1. The van der Waals surface area contributed by atoms with E-state index in [4.69, 9.17) is 0 Å². The van der Waals surface area contributed by atoms with Crippen LogP contribution in [0.5, 0.6) is 0 Å². The van der Waals surface area contributed by atoms with E-state index in [1.54, 1.807) is 24.1 Å². The number of hydrogen-bond donors (Lipinski definition) is 3. The first-order valence-corrected chi connectivity index (χ1v) is 10.2. The van der Waals surface area contributed by atoms with E-state index in [1.807, 2.05) is 0 Å². The summed E-state index contributed by atoms with van der Waals surface area (Å²) >= 11 is 0. The predicted molar refractivity (Wildman–Crippen MR) is 107 cm³/mol. The fourth-order valence-electron chi connectivity index (χ4n) is 2.90. The third kappa shape index (κ3) is 10.1. The van der Waals surface area contributed by atoms with Gasteiger partial charge in [-0.3, -0.25) is 9.59 Å². The molecule has 0 spiro atoms. The van der Waals surface area contributed by atoms with Crippen molar-refractivity contribution >= 4 is 17.8 Å². The van der Waals surface area contributed by atoms with Crippen molar-refractivity contribution in [2.75, 3.05) is 6.54 Å². The number of aromatic nitrogens is 2. The van der Waals surface area contributed by atoms with E-state index in [0.29, 0.717) is 6.42 Å². The average Bonchev–Trinajstić information content (AvgIpc) is 3.05. The van der Waals surface area contributed by atoms with Gasteiger partial charge in [-0.1, -0.05) is 45.4 Å². The van der Waals surface area contributed by atoms with E-state index in [2.05, 4.69) is 22.5 Å². The normalized spacial score (nSPS) is 11.8. The van der Waals surface area contributed by atoms with Gasteiger partial charge in [-0.15, -0.1) is 0 Å². The van der Waals surface area contributed by atoms with Crippen molar-refractivity contribution in [1.82, 2.24) is 20.2 Å². The Kier molecular flexibility index (Phi) is 11.6. The van der Waals surface area contributed by atoms with Crippen molar-refractivity contribution in [2.24, 2.45) is 7.05 Å². The van der Waals surface area contributed by atoms with Crippen molar-refractivity contribution in [3.05, 3.63) is 18.2 Å². The van der Waals surface area contributed by atoms with Crippen molar-refractivity contribution in [3.63, 3.8) is 0 Å². The highest BCUT2D eigenvalue weighted by Gasteiger charge is 2.21. The summed E-state index contributed by atoms with van der Waals surface area (Å²) in [5.41, 5.74) is 0.718. The second-order valence-corrected chi connectivity index (χ2v) is 7.13. The van der Waals surface area contributed by atoms with Crippen LogP contribution in [0.25, 0.3) is 0 Å². The zero-order valence-corrected chi connectivity index (χ0v) is 17.1. The minimum atomic E-state index is -1.10. The molecule has 8 heteroatoms. The lowest BCUT2D eigenvalue weighted by Crippen LogP contribution is -2.43. The second kappa shape index (κ2) is 13.7. The molecule has 2 amide bonds. The van der Waals surface area contributed by atoms with E-state index in [9.17, 15) is 19.5 Å². The lowest BCUT2D eigenvalue weighted by molar-refractivity contribution is -0.141. The zero-order chi connectivity index (χ0) is 20.8. The third-order valence-corrected chi connectivity index (χ3v) is 4.64. The molecular weight excluding hydrogens is 360 g/mol. The molecule has 1 heterocycles. The van der Waals surface area contributed by atoms with Gasteiger partial charge < -0.3 is 20.3 Å². The van der Waals surface area contributed by atoms with Gasteiger partial charge in [0, 0.05) is 44.7 Å². The van der Waals surface area contributed by atoms with E-state index < -0.39 is 17.9 Å². The maximum atomic E-state index is 12.0. The van der Waals surface area contributed by atoms with Crippen LogP contribution in [-0.4, -0.2) is 45.0 Å². The second-order valence-electron chi connectivity index (χ2n) is 7.13. The van der Waals surface area contributed by atoms with Crippen LogP contribution in [0, 0.1) is 0 Å². The van der Waals surface area contributed by atoms with E-state index in [0.717, 1.165) is 25.0 Å². The van der Waals surface area contributed by atoms with Crippen molar-refractivity contribution < 1.29 is 19.5 Å². The fraction of sp³-hybridized carbons (Fsp3) is 0.700. The van der Waals surface area contributed by atoms with Crippen LogP contribution in [0.2, 0.25) is 0 Å². The summed E-state index contributed by atoms with van der Waals surface area (Å²) in [4.78, 5) is 39.1. The summed E-state index contributed by atoms with van der Waals surface area (Å²) in [6.45, 7) is 2.40. The molecule has 0 saturated heterocycles. The van der Waals surface area contributed by atoms with Gasteiger partial charge >= 0.3 is 5.97 Å². The van der Waals surface area contributed by atoms with E-state index >= 15 is 0 Å². The third-order valence-electron chi connectivity index (χ3n) is 4.64. The molecule has 1 rings (SSSR count). The molecule has 1 aromatic heterocycles. The highest BCUT2D eigenvalue weighted by Crippen LogP contribution is 2.08. The molecule has 0 fully saturated rings. The average molecular weight is 395 g/mol. The van der Waals surface area contributed by atoms with Crippen molar-refractivity contribution in [1.29, 1.82) is 0 Å². The predicted octanol–water partition coefficient (Wildman–Crippen LogP) is 2.18. The first-order chi connectivity index (χ1) is 13.4. The lowest BCUT2D eigenvalue weighted by Gasteiger charge is -2.15. The molecule has 0 aliphatic rings. The summed E-state index contributed by atoms with van der Waals surface area (Å²) in [6, 6.07) is -1.02. The van der Waals surface area contributed by atoms with Gasteiger partial charge in [-0.25, -0.2) is 9.78 Å². The van der Waals surface area contributed by atoms with Gasteiger partial charge in [0.15, 0.2) is 0 Å². The van der Waals surface area contributed by atoms with Gasteiger partial charge in [0.1, 0.15) is 6.04 Å². The van der Waals surface area contributed by atoms with Gasteiger partial charge in [0.25, 0.3) is 0 Å². The number of carbonyl (C=O) groups is 3. The number of aryl methyl sites for hydroxylation is 1. The standard InChI is InChI=1S/C20H34N4O4/c1-3-4-5-6-7-8-9-10-18(25)22-12-11-19(26)23-17(20(27)28)13-16-14-21-15-24(16)2/h14-15,17H,3-13H2,1-2H3,(H,22,25)(H,23,26)(H,27,28)/t17-/m0/s1. The number of imidazole rings is 1. The molecule has 0 unspecified atom stereocenters. The van der Waals surface area contributed by atoms with Gasteiger partial charge in [0.05, 0.1) is 6.33 Å². The quantitative estimate of drug-likeness (QED) is 0.395. The van der Waals surface area contributed by atoms with Crippen LogP contribution in [0.3, 0.4) is 0 Å². The monoisotopic (exact) mass is 394 g/mol. The summed E-state index contributed by atoms with van der Waals surface area (Å²) in [5.74, 6) is -1.56. The van der Waals surface area contributed by atoms with Crippen LogP contribution in [-0.2, 0) is 27.9 Å². The van der Waals surface area contributed by atoms with Crippen molar-refractivity contribution in [2.45, 2.75) is 77.2 Å². The molecule has 1 atom stereocenters. The molecule has 0 aromatic carbocycles. The van der Waals surface area contributed by atoms with Gasteiger partial charge in [-0.2, -0.15) is 0 Å². The molecule has 0 bridgehead atoms. The highest BCUT2D eigenvalue weighted by atomic mass is 16.4. The molecule has 28 heavy (non-hydrogen) atoms. The number of carboxylic acids is 1. The Morgan fingerprint density at radius 3 is 2.36 bits per heavy atom. The van der Waals surface area contributed by atoms with E-state index in [-0.39, 0.29) is 25.3 Å². The summed E-state index contributed by atoms with van der Waals surface area (Å²) < 4.78 is 1.71. The molecule has 0 aliphatic heterocycles. The van der Waals surface area contributed by atoms with Crippen LogP contribution < -0.4 is 10.6 Å². The van der Waals surface area contributed by atoms with Gasteiger partial charge in [-0.05, 0) is 6.42 Å². The SMILES string of the molecule is CCCCCCCCCC(=O)NCCC(=O)N[C@@H](Cc1cncn1C)C(=O)O. The number of carboxylic acid groups (broad SMARTS) is 1. The maximum Gasteiger partial charge on any atom is 0.326 e. The van der Waals surface area contributed by atoms with Crippen molar-refractivity contribution in [3.8, 4) is 0 Å². The molecule has 3 N–H and O–H groups in total. The fourth-order valence-corrected chi connectivity index (χ4v) is 2.90. The number of hydrogen-bond acceptors (Lipinski definition) is 4. The summed E-state index contributed by atoms with van der Waals surface area (Å²) in [5, 5.41) is 14.5. The Bertz CT molecular complexity index is 615. The number of aliphatic carboxylic acids is 1. The molecular formula is C20H34N4O4. The van der Waals surface area contributed by atoms with E-state index in [1.165, 1.54) is 25.7 Å². The Labute approximate surface area is 167 Å². The summed E-state index contributed by atoms with van der Waals surface area (Å²) in [6.07, 6.45) is 11.9. The molecule has 8 nitrogen and oxygen atoms in total. The smallest absolute Gasteiger partial charge is 0.326 e.